The molecule has 0 saturated heterocycles. The van der Waals surface area contributed by atoms with Gasteiger partial charge in [-0.15, -0.1) is 11.3 Å². The van der Waals surface area contributed by atoms with Crippen molar-refractivity contribution in [3.8, 4) is 0 Å². The van der Waals surface area contributed by atoms with Crippen LogP contribution in [0.3, 0.4) is 0 Å². The molecule has 3 aromatic rings. The molecule has 0 aliphatic rings. The summed E-state index contributed by atoms with van der Waals surface area (Å²) < 4.78 is 4.67. The Bertz CT molecular complexity index is 763. The van der Waals surface area contributed by atoms with Crippen LogP contribution < -0.4 is 5.32 Å². The van der Waals surface area contributed by atoms with Crippen molar-refractivity contribution >= 4 is 33.9 Å². The Hall–Kier alpha value is -2.34. The van der Waals surface area contributed by atoms with Crippen molar-refractivity contribution in [3.05, 3.63) is 46.3 Å². The van der Waals surface area contributed by atoms with Crippen molar-refractivity contribution in [2.75, 3.05) is 12.4 Å². The first-order chi connectivity index (χ1) is 10.3. The highest BCUT2D eigenvalue weighted by Gasteiger charge is 2.07. The van der Waals surface area contributed by atoms with Crippen molar-refractivity contribution in [2.45, 2.75) is 13.0 Å². The van der Waals surface area contributed by atoms with Crippen LogP contribution in [0.1, 0.15) is 9.75 Å². The smallest absolute Gasteiger partial charge is 0.310 e. The maximum Gasteiger partial charge on any atom is 0.310 e. The van der Waals surface area contributed by atoms with Crippen LogP contribution >= 0.6 is 11.3 Å². The minimum Gasteiger partial charge on any atom is -0.469 e. The molecule has 3 rings (SSSR count). The fourth-order valence-corrected chi connectivity index (χ4v) is 3.07. The molecule has 5 nitrogen and oxygen atoms in total. The van der Waals surface area contributed by atoms with Crippen LogP contribution in [0, 0.1) is 0 Å². The molecule has 0 aliphatic heterocycles. The maximum atomic E-state index is 11.2. The summed E-state index contributed by atoms with van der Waals surface area (Å²) in [6.45, 7) is 0.718. The highest BCUT2D eigenvalue weighted by Crippen LogP contribution is 2.23. The summed E-state index contributed by atoms with van der Waals surface area (Å²) in [4.78, 5) is 13.4. The molecule has 0 saturated carbocycles. The van der Waals surface area contributed by atoms with Gasteiger partial charge in [0.1, 0.15) is 0 Å². The highest BCUT2D eigenvalue weighted by atomic mass is 32.1. The summed E-state index contributed by atoms with van der Waals surface area (Å²) in [6, 6.07) is 10.0. The lowest BCUT2D eigenvalue weighted by molar-refractivity contribution is -0.139. The fourth-order valence-electron chi connectivity index (χ4n) is 2.13. The standard InChI is InChI=1S/C15H15N3O2S/c1-20-15(19)7-10-5-6-11(21-10)8-16-13-3-2-4-14-12(13)9-17-18-14/h2-6,9,16H,7-8H2,1H3,(H,17,18). The number of fused-ring (bicyclic) bond motifs is 1. The number of ether oxygens (including phenoxy) is 1. The van der Waals surface area contributed by atoms with E-state index in [1.807, 2.05) is 36.5 Å². The van der Waals surface area contributed by atoms with Crippen molar-refractivity contribution in [1.29, 1.82) is 0 Å². The van der Waals surface area contributed by atoms with Crippen molar-refractivity contribution in [3.63, 3.8) is 0 Å². The van der Waals surface area contributed by atoms with Crippen molar-refractivity contribution in [1.82, 2.24) is 10.2 Å². The number of carbonyl (C=O) groups is 1. The summed E-state index contributed by atoms with van der Waals surface area (Å²) >= 11 is 1.62. The molecule has 0 atom stereocenters. The van der Waals surface area contributed by atoms with Gasteiger partial charge in [0.2, 0.25) is 0 Å². The van der Waals surface area contributed by atoms with Crippen LogP contribution in [0.2, 0.25) is 0 Å². The first-order valence-corrected chi connectivity index (χ1v) is 7.38. The summed E-state index contributed by atoms with van der Waals surface area (Å²) in [5.41, 5.74) is 2.06. The molecule has 2 aromatic heterocycles. The van der Waals surface area contributed by atoms with Gasteiger partial charge < -0.3 is 10.1 Å². The number of hydrogen-bond acceptors (Lipinski definition) is 5. The molecule has 0 spiro atoms. The van der Waals surface area contributed by atoms with E-state index in [0.29, 0.717) is 6.42 Å². The highest BCUT2D eigenvalue weighted by molar-refractivity contribution is 7.12. The molecule has 0 bridgehead atoms. The van der Waals surface area contributed by atoms with Gasteiger partial charge in [0, 0.05) is 27.4 Å². The van der Waals surface area contributed by atoms with E-state index in [4.69, 9.17) is 0 Å². The summed E-state index contributed by atoms with van der Waals surface area (Å²) in [6.07, 6.45) is 2.15. The monoisotopic (exact) mass is 301 g/mol. The van der Waals surface area contributed by atoms with E-state index in [0.717, 1.165) is 28.0 Å². The van der Waals surface area contributed by atoms with Crippen LogP contribution in [0.4, 0.5) is 5.69 Å². The van der Waals surface area contributed by atoms with Gasteiger partial charge in [-0.2, -0.15) is 5.10 Å². The number of methoxy groups -OCH3 is 1. The molecule has 6 heteroatoms. The second-order valence-electron chi connectivity index (χ2n) is 4.61. The molecule has 0 aliphatic carbocycles. The number of carbonyl (C=O) groups excluding carboxylic acids is 1. The van der Waals surface area contributed by atoms with E-state index in [2.05, 4.69) is 20.3 Å². The third-order valence-electron chi connectivity index (χ3n) is 3.20. The Kier molecular flexibility index (Phi) is 3.87. The molecule has 0 unspecified atom stereocenters. The van der Waals surface area contributed by atoms with Crippen molar-refractivity contribution < 1.29 is 9.53 Å². The molecule has 2 heterocycles. The Morgan fingerprint density at radius 3 is 3.05 bits per heavy atom. The molecular weight excluding hydrogens is 286 g/mol. The number of benzene rings is 1. The van der Waals surface area contributed by atoms with E-state index < -0.39 is 0 Å². The largest absolute Gasteiger partial charge is 0.469 e. The Morgan fingerprint density at radius 1 is 1.33 bits per heavy atom. The maximum absolute atomic E-state index is 11.2. The van der Waals surface area contributed by atoms with Crippen molar-refractivity contribution in [2.24, 2.45) is 0 Å². The normalized spacial score (nSPS) is 10.7. The van der Waals surface area contributed by atoms with Crippen LogP contribution in [0.15, 0.2) is 36.5 Å². The number of aromatic nitrogens is 2. The molecule has 2 N–H and O–H groups in total. The number of esters is 1. The Morgan fingerprint density at radius 2 is 2.19 bits per heavy atom. The van der Waals surface area contributed by atoms with Crippen LogP contribution in [0.25, 0.3) is 10.9 Å². The third kappa shape index (κ3) is 3.05. The quantitative estimate of drug-likeness (QED) is 0.711. The zero-order chi connectivity index (χ0) is 14.7. The van der Waals surface area contributed by atoms with E-state index in [-0.39, 0.29) is 5.97 Å². The van der Waals surface area contributed by atoms with Gasteiger partial charge in [-0.25, -0.2) is 0 Å². The number of thiophene rings is 1. The van der Waals surface area contributed by atoms with Gasteiger partial charge in [-0.3, -0.25) is 9.89 Å². The minimum absolute atomic E-state index is 0.209. The lowest BCUT2D eigenvalue weighted by atomic mass is 10.2. The van der Waals surface area contributed by atoms with Gasteiger partial charge >= 0.3 is 5.97 Å². The van der Waals surface area contributed by atoms with E-state index in [9.17, 15) is 4.79 Å². The van der Waals surface area contributed by atoms with Gasteiger partial charge in [0.05, 0.1) is 25.2 Å². The average Bonchev–Trinajstić information content (AvgIpc) is 3.13. The molecule has 0 fully saturated rings. The van der Waals surface area contributed by atoms with E-state index in [1.165, 1.54) is 12.0 Å². The number of aromatic amines is 1. The molecular formula is C15H15N3O2S. The van der Waals surface area contributed by atoms with Gasteiger partial charge in [-0.05, 0) is 24.3 Å². The fraction of sp³-hybridized carbons (Fsp3) is 0.200. The number of H-pyrrole nitrogens is 1. The summed E-state index contributed by atoms with van der Waals surface area (Å²) in [5.74, 6) is -0.209. The van der Waals surface area contributed by atoms with Gasteiger partial charge in [-0.1, -0.05) is 6.07 Å². The molecule has 1 aromatic carbocycles. The number of rotatable bonds is 5. The number of hydrogen-bond donors (Lipinski definition) is 2. The molecule has 0 amide bonds. The second kappa shape index (κ2) is 5.97. The number of anilines is 1. The molecule has 108 valence electrons. The Balaban J connectivity index is 1.68. The lowest BCUT2D eigenvalue weighted by Gasteiger charge is -2.05. The predicted octanol–water partition coefficient (Wildman–Crippen LogP) is 2.95. The van der Waals surface area contributed by atoms with Crippen LogP contribution in [0.5, 0.6) is 0 Å². The van der Waals surface area contributed by atoms with Gasteiger partial charge in [0.15, 0.2) is 0 Å². The first kappa shape index (κ1) is 13.6. The number of nitrogens with one attached hydrogen (secondary N) is 2. The number of nitrogens with zero attached hydrogens (tertiary/aromatic N) is 1. The average molecular weight is 301 g/mol. The second-order valence-corrected chi connectivity index (χ2v) is 5.86. The SMILES string of the molecule is COC(=O)Cc1ccc(CNc2cccc3[nH]ncc23)s1. The third-order valence-corrected chi connectivity index (χ3v) is 4.29. The molecule has 21 heavy (non-hydrogen) atoms. The van der Waals surface area contributed by atoms with Crippen LogP contribution in [-0.2, 0) is 22.5 Å². The summed E-state index contributed by atoms with van der Waals surface area (Å²) in [7, 11) is 1.41. The predicted molar refractivity (Wildman–Crippen MR) is 83.5 cm³/mol. The molecule has 0 radical (unpaired) electrons. The van der Waals surface area contributed by atoms with E-state index in [1.54, 1.807) is 11.3 Å². The first-order valence-electron chi connectivity index (χ1n) is 6.56. The Labute approximate surface area is 125 Å². The zero-order valence-corrected chi connectivity index (χ0v) is 12.4. The lowest BCUT2D eigenvalue weighted by Crippen LogP contribution is -2.02. The summed E-state index contributed by atoms with van der Waals surface area (Å²) in [5, 5.41) is 11.5. The topological polar surface area (TPSA) is 67.0 Å². The minimum atomic E-state index is -0.209. The van der Waals surface area contributed by atoms with Crippen LogP contribution in [-0.4, -0.2) is 23.3 Å². The van der Waals surface area contributed by atoms with Gasteiger partial charge in [0.25, 0.3) is 0 Å². The van der Waals surface area contributed by atoms with E-state index >= 15 is 0 Å². The zero-order valence-electron chi connectivity index (χ0n) is 11.6.